The van der Waals surface area contributed by atoms with Crippen molar-refractivity contribution >= 4 is 11.9 Å². The Morgan fingerprint density at radius 1 is 1.41 bits per heavy atom. The molecule has 5 heteroatoms. The first-order valence-electron chi connectivity index (χ1n) is 5.89. The number of amides is 1. The third-order valence-corrected chi connectivity index (χ3v) is 3.23. The van der Waals surface area contributed by atoms with Gasteiger partial charge in [-0.3, -0.25) is 4.79 Å². The van der Waals surface area contributed by atoms with E-state index >= 15 is 0 Å². The number of nitrogens with zero attached hydrogens (tertiary/aromatic N) is 1. The molecule has 17 heavy (non-hydrogen) atoms. The second kappa shape index (κ2) is 4.87. The highest BCUT2D eigenvalue weighted by Gasteiger charge is 2.29. The molecule has 1 saturated carbocycles. The molecule has 94 valence electrons. The Hall–Kier alpha value is -1.36. The van der Waals surface area contributed by atoms with E-state index < -0.39 is 12.1 Å². The highest BCUT2D eigenvalue weighted by molar-refractivity contribution is 5.89. The third kappa shape index (κ3) is 3.06. The van der Waals surface area contributed by atoms with E-state index in [1.54, 1.807) is 11.0 Å². The lowest BCUT2D eigenvalue weighted by Gasteiger charge is -2.30. The molecule has 5 nitrogen and oxygen atoms in total. The summed E-state index contributed by atoms with van der Waals surface area (Å²) in [4.78, 5) is 24.2. The molecule has 1 amide bonds. The van der Waals surface area contributed by atoms with Crippen LogP contribution in [0.25, 0.3) is 0 Å². The summed E-state index contributed by atoms with van der Waals surface area (Å²) < 4.78 is 5.07. The minimum absolute atomic E-state index is 0.0936. The van der Waals surface area contributed by atoms with E-state index in [-0.39, 0.29) is 12.5 Å². The Bertz CT molecular complexity index is 360. The van der Waals surface area contributed by atoms with Gasteiger partial charge in [0.1, 0.15) is 0 Å². The number of aliphatic carboxylic acids is 1. The van der Waals surface area contributed by atoms with Gasteiger partial charge in [-0.1, -0.05) is 5.57 Å². The van der Waals surface area contributed by atoms with E-state index in [0.717, 1.165) is 18.4 Å². The second-order valence-corrected chi connectivity index (χ2v) is 4.64. The van der Waals surface area contributed by atoms with Crippen molar-refractivity contribution in [3.05, 3.63) is 11.6 Å². The zero-order valence-electron chi connectivity index (χ0n) is 9.89. The summed E-state index contributed by atoms with van der Waals surface area (Å²) >= 11 is 0. The van der Waals surface area contributed by atoms with E-state index in [1.165, 1.54) is 0 Å². The van der Waals surface area contributed by atoms with Crippen LogP contribution in [-0.4, -0.2) is 47.7 Å². The maximum Gasteiger partial charge on any atom is 0.334 e. The number of ether oxygens (including phenoxy) is 1. The quantitative estimate of drug-likeness (QED) is 0.734. The predicted molar refractivity (Wildman–Crippen MR) is 60.4 cm³/mol. The van der Waals surface area contributed by atoms with Crippen LogP contribution in [0.2, 0.25) is 0 Å². The van der Waals surface area contributed by atoms with Gasteiger partial charge in [0.15, 0.2) is 6.10 Å². The number of carbonyl (C=O) groups excluding carboxylic acids is 1. The van der Waals surface area contributed by atoms with E-state index in [9.17, 15) is 9.59 Å². The maximum absolute atomic E-state index is 11.9. The number of carboxylic acid groups (broad SMARTS) is 1. The summed E-state index contributed by atoms with van der Waals surface area (Å²) in [6, 6.07) is 0. The summed E-state index contributed by atoms with van der Waals surface area (Å²) in [7, 11) is 0. The first kappa shape index (κ1) is 12.1. The molecule has 2 aliphatic rings. The summed E-state index contributed by atoms with van der Waals surface area (Å²) in [6.45, 7) is 2.86. The average Bonchev–Trinajstić information content (AvgIpc) is 3.12. The van der Waals surface area contributed by atoms with Crippen LogP contribution in [0.4, 0.5) is 0 Å². The van der Waals surface area contributed by atoms with Crippen molar-refractivity contribution in [2.45, 2.75) is 25.9 Å². The van der Waals surface area contributed by atoms with Crippen LogP contribution in [0.3, 0.4) is 0 Å². The molecule has 0 radical (unpaired) electrons. The van der Waals surface area contributed by atoms with E-state index in [0.29, 0.717) is 19.1 Å². The van der Waals surface area contributed by atoms with Gasteiger partial charge in [0.05, 0.1) is 13.2 Å². The molecule has 2 fully saturated rings. The zero-order chi connectivity index (χ0) is 12.4. The van der Waals surface area contributed by atoms with Crippen LogP contribution in [0.5, 0.6) is 0 Å². The largest absolute Gasteiger partial charge is 0.479 e. The average molecular weight is 239 g/mol. The monoisotopic (exact) mass is 239 g/mol. The molecule has 0 aromatic carbocycles. The molecule has 1 heterocycles. The number of hydrogen-bond donors (Lipinski definition) is 1. The molecule has 0 unspecified atom stereocenters. The van der Waals surface area contributed by atoms with Crippen LogP contribution in [0.15, 0.2) is 11.6 Å². The second-order valence-electron chi connectivity index (χ2n) is 4.64. The number of morpholine rings is 1. The standard InChI is InChI=1S/C12H17NO4/c1-8(9-2-3-9)6-11(14)13-4-5-17-10(7-13)12(15)16/h6,9-10H,2-5,7H2,1H3,(H,15,16)/b8-6-/t10-/m1/s1. The summed E-state index contributed by atoms with van der Waals surface area (Å²) in [6.07, 6.45) is 3.08. The number of carbonyl (C=O) groups is 2. The highest BCUT2D eigenvalue weighted by Crippen LogP contribution is 2.35. The van der Waals surface area contributed by atoms with Crippen molar-refractivity contribution in [1.82, 2.24) is 4.90 Å². The van der Waals surface area contributed by atoms with Crippen molar-refractivity contribution in [2.75, 3.05) is 19.7 Å². The lowest BCUT2D eigenvalue weighted by atomic mass is 10.1. The zero-order valence-corrected chi connectivity index (χ0v) is 9.89. The molecule has 0 bridgehead atoms. The molecule has 1 atom stereocenters. The molecule has 1 aliphatic carbocycles. The summed E-state index contributed by atoms with van der Waals surface area (Å²) in [5, 5.41) is 8.84. The van der Waals surface area contributed by atoms with Crippen molar-refractivity contribution in [2.24, 2.45) is 5.92 Å². The molecular weight excluding hydrogens is 222 g/mol. The third-order valence-electron chi connectivity index (χ3n) is 3.23. The Balaban J connectivity index is 1.94. The smallest absolute Gasteiger partial charge is 0.334 e. The molecule has 0 aromatic heterocycles. The maximum atomic E-state index is 11.9. The highest BCUT2D eigenvalue weighted by atomic mass is 16.5. The van der Waals surface area contributed by atoms with Gasteiger partial charge in [0, 0.05) is 12.6 Å². The van der Waals surface area contributed by atoms with Gasteiger partial charge in [-0.05, 0) is 25.7 Å². The minimum Gasteiger partial charge on any atom is -0.479 e. The van der Waals surface area contributed by atoms with Crippen LogP contribution >= 0.6 is 0 Å². The topological polar surface area (TPSA) is 66.8 Å². The van der Waals surface area contributed by atoms with Gasteiger partial charge in [-0.2, -0.15) is 0 Å². The number of hydrogen-bond acceptors (Lipinski definition) is 3. The van der Waals surface area contributed by atoms with Gasteiger partial charge in [-0.25, -0.2) is 4.79 Å². The molecule has 2 rings (SSSR count). The van der Waals surface area contributed by atoms with Crippen molar-refractivity contribution in [3.8, 4) is 0 Å². The van der Waals surface area contributed by atoms with Crippen LogP contribution in [-0.2, 0) is 14.3 Å². The fourth-order valence-electron chi connectivity index (χ4n) is 1.94. The summed E-state index contributed by atoms with van der Waals surface area (Å²) in [5.41, 5.74) is 1.10. The Morgan fingerprint density at radius 3 is 2.71 bits per heavy atom. The first-order valence-corrected chi connectivity index (χ1v) is 5.89. The lowest BCUT2D eigenvalue weighted by molar-refractivity contribution is -0.158. The number of allylic oxidation sites excluding steroid dienone is 1. The molecule has 0 aromatic rings. The van der Waals surface area contributed by atoms with Gasteiger partial charge in [-0.15, -0.1) is 0 Å². The van der Waals surface area contributed by atoms with Crippen LogP contribution in [0.1, 0.15) is 19.8 Å². The fraction of sp³-hybridized carbons (Fsp3) is 0.667. The lowest BCUT2D eigenvalue weighted by Crippen LogP contribution is -2.48. The number of carboxylic acids is 1. The molecule has 1 N–H and O–H groups in total. The predicted octanol–water partition coefficient (Wildman–Crippen LogP) is 0.655. The summed E-state index contributed by atoms with van der Waals surface area (Å²) in [5.74, 6) is -0.537. The molecule has 1 aliphatic heterocycles. The van der Waals surface area contributed by atoms with Gasteiger partial charge < -0.3 is 14.7 Å². The SMILES string of the molecule is C/C(=C/C(=O)N1CCO[C@@H](C(=O)O)C1)C1CC1. The molecule has 0 spiro atoms. The van der Waals surface area contributed by atoms with Crippen LogP contribution in [0, 0.1) is 5.92 Å². The van der Waals surface area contributed by atoms with E-state index in [2.05, 4.69) is 0 Å². The molecule has 1 saturated heterocycles. The normalized spacial score (nSPS) is 25.8. The van der Waals surface area contributed by atoms with Crippen molar-refractivity contribution in [1.29, 1.82) is 0 Å². The van der Waals surface area contributed by atoms with E-state index in [4.69, 9.17) is 9.84 Å². The Labute approximate surface area is 100 Å². The van der Waals surface area contributed by atoms with Gasteiger partial charge in [0.2, 0.25) is 5.91 Å². The van der Waals surface area contributed by atoms with E-state index in [1.807, 2.05) is 6.92 Å². The minimum atomic E-state index is -1.01. The molecular formula is C12H17NO4. The Kier molecular flexibility index (Phi) is 3.47. The van der Waals surface area contributed by atoms with Crippen molar-refractivity contribution < 1.29 is 19.4 Å². The fourth-order valence-corrected chi connectivity index (χ4v) is 1.94. The number of rotatable bonds is 3. The van der Waals surface area contributed by atoms with Gasteiger partial charge >= 0.3 is 5.97 Å². The van der Waals surface area contributed by atoms with Crippen molar-refractivity contribution in [3.63, 3.8) is 0 Å². The van der Waals surface area contributed by atoms with Crippen LogP contribution < -0.4 is 0 Å². The first-order chi connectivity index (χ1) is 8.08. The Morgan fingerprint density at radius 2 is 2.12 bits per heavy atom. The van der Waals surface area contributed by atoms with Gasteiger partial charge in [0.25, 0.3) is 0 Å².